The van der Waals surface area contributed by atoms with E-state index in [1.165, 1.54) is 36.1 Å². The largest absolute Gasteiger partial charge is 0.455 e. The van der Waals surface area contributed by atoms with Gasteiger partial charge in [0.25, 0.3) is 10.0 Å². The summed E-state index contributed by atoms with van der Waals surface area (Å²) >= 11 is 13.0. The fraction of sp³-hybridized carbons (Fsp3) is 0. The van der Waals surface area contributed by atoms with E-state index in [0.29, 0.717) is 5.56 Å². The predicted octanol–water partition coefficient (Wildman–Crippen LogP) is 5.17. The van der Waals surface area contributed by atoms with Crippen LogP contribution in [0.1, 0.15) is 0 Å². The van der Waals surface area contributed by atoms with Crippen LogP contribution < -0.4 is 9.46 Å². The Morgan fingerprint density at radius 3 is 2.50 bits per heavy atom. The van der Waals surface area contributed by atoms with Crippen molar-refractivity contribution in [2.45, 2.75) is 4.90 Å². The van der Waals surface area contributed by atoms with Gasteiger partial charge < -0.3 is 4.74 Å². The molecule has 0 fully saturated rings. The SMILES string of the molecule is O=S(=O)(Nc1nncs1)c1cc(Cl)c(Oc2ccc(Cl)c(F)c2-c2ccnnc2)cc1F. The molecule has 0 unspecified atom stereocenters. The van der Waals surface area contributed by atoms with Crippen LogP contribution in [-0.2, 0) is 10.0 Å². The Kier molecular flexibility index (Phi) is 6.20. The molecule has 0 aliphatic heterocycles. The summed E-state index contributed by atoms with van der Waals surface area (Å²) in [6.45, 7) is 0. The van der Waals surface area contributed by atoms with E-state index in [-0.39, 0.29) is 32.2 Å². The van der Waals surface area contributed by atoms with Gasteiger partial charge in [0, 0.05) is 11.6 Å². The smallest absolute Gasteiger partial charge is 0.266 e. The summed E-state index contributed by atoms with van der Waals surface area (Å²) < 4.78 is 62.2. The Balaban J connectivity index is 1.73. The number of rotatable bonds is 6. The zero-order valence-corrected chi connectivity index (χ0v) is 18.6. The minimum absolute atomic E-state index is 0.0481. The van der Waals surface area contributed by atoms with Gasteiger partial charge in [-0.25, -0.2) is 17.2 Å². The van der Waals surface area contributed by atoms with Crippen molar-refractivity contribution in [1.29, 1.82) is 0 Å². The third kappa shape index (κ3) is 4.48. The average molecular weight is 516 g/mol. The van der Waals surface area contributed by atoms with E-state index in [1.807, 2.05) is 0 Å². The van der Waals surface area contributed by atoms with Gasteiger partial charge in [-0.3, -0.25) is 4.72 Å². The summed E-state index contributed by atoms with van der Waals surface area (Å²) in [6.07, 6.45) is 2.63. The number of nitrogens with zero attached hydrogens (tertiary/aromatic N) is 4. The maximum absolute atomic E-state index is 14.8. The van der Waals surface area contributed by atoms with Crippen molar-refractivity contribution in [2.75, 3.05) is 4.72 Å². The Hall–Kier alpha value is -2.93. The molecule has 1 N–H and O–H groups in total. The highest BCUT2D eigenvalue weighted by molar-refractivity contribution is 7.93. The Bertz CT molecular complexity index is 1390. The molecule has 32 heavy (non-hydrogen) atoms. The van der Waals surface area contributed by atoms with Crippen LogP contribution in [0, 0.1) is 11.6 Å². The summed E-state index contributed by atoms with van der Waals surface area (Å²) in [5, 5.41) is 13.9. The van der Waals surface area contributed by atoms with Crippen molar-refractivity contribution < 1.29 is 21.9 Å². The van der Waals surface area contributed by atoms with Crippen LogP contribution in [0.4, 0.5) is 13.9 Å². The van der Waals surface area contributed by atoms with Crippen molar-refractivity contribution in [3.63, 3.8) is 0 Å². The number of halogens is 4. The molecule has 8 nitrogen and oxygen atoms in total. The first-order valence-electron chi connectivity index (χ1n) is 8.47. The topological polar surface area (TPSA) is 107 Å². The molecule has 0 aliphatic rings. The first-order chi connectivity index (χ1) is 15.3. The van der Waals surface area contributed by atoms with E-state index in [4.69, 9.17) is 27.9 Å². The Labute approximate surface area is 193 Å². The first kappa shape index (κ1) is 22.3. The molecule has 0 saturated heterocycles. The van der Waals surface area contributed by atoms with Crippen molar-refractivity contribution in [3.8, 4) is 22.6 Å². The second-order valence-corrected chi connectivity index (χ2v) is 9.33. The molecular weight excluding hydrogens is 507 g/mol. The lowest BCUT2D eigenvalue weighted by atomic mass is 10.1. The number of anilines is 1. The van der Waals surface area contributed by atoms with E-state index in [9.17, 15) is 17.2 Å². The lowest BCUT2D eigenvalue weighted by Crippen LogP contribution is -2.14. The molecule has 4 aromatic rings. The zero-order chi connectivity index (χ0) is 22.9. The lowest BCUT2D eigenvalue weighted by molar-refractivity contribution is 0.471. The van der Waals surface area contributed by atoms with Crippen molar-refractivity contribution in [3.05, 3.63) is 69.9 Å². The molecule has 0 amide bonds. The van der Waals surface area contributed by atoms with E-state index in [1.54, 1.807) is 0 Å². The van der Waals surface area contributed by atoms with Crippen LogP contribution in [0.2, 0.25) is 10.0 Å². The highest BCUT2D eigenvalue weighted by Gasteiger charge is 2.24. The van der Waals surface area contributed by atoms with Crippen LogP contribution in [-0.4, -0.2) is 28.8 Å². The quantitative estimate of drug-likeness (QED) is 0.377. The van der Waals surface area contributed by atoms with Gasteiger partial charge in [-0.05, 0) is 24.3 Å². The lowest BCUT2D eigenvalue weighted by Gasteiger charge is -2.15. The van der Waals surface area contributed by atoms with Gasteiger partial charge in [-0.15, -0.1) is 10.2 Å². The summed E-state index contributed by atoms with van der Waals surface area (Å²) in [5.41, 5.74) is 1.55. The summed E-state index contributed by atoms with van der Waals surface area (Å²) in [7, 11) is -4.34. The molecular formula is C18H9Cl2F2N5O3S2. The van der Waals surface area contributed by atoms with Gasteiger partial charge >= 0.3 is 0 Å². The van der Waals surface area contributed by atoms with Crippen molar-refractivity contribution in [2.24, 2.45) is 0 Å². The number of nitrogens with one attached hydrogen (secondary N) is 1. The van der Waals surface area contributed by atoms with Crippen LogP contribution in [0.3, 0.4) is 0 Å². The number of ether oxygens (including phenoxy) is 1. The van der Waals surface area contributed by atoms with Crippen molar-refractivity contribution >= 4 is 49.7 Å². The second kappa shape index (κ2) is 8.90. The minimum atomic E-state index is -4.34. The Morgan fingerprint density at radius 1 is 1.00 bits per heavy atom. The van der Waals surface area contributed by atoms with E-state index < -0.39 is 26.6 Å². The molecule has 0 aliphatic carbocycles. The standard InChI is InChI=1S/C18H9Cl2F2N5O3S2/c19-10-1-2-13(16(17(10)22)9-3-4-23-24-7-9)30-14-6-12(21)15(5-11(14)20)32(28,29)27-18-26-25-8-31-18/h1-8H,(H,26,27). The van der Waals surface area contributed by atoms with Gasteiger partial charge in [-0.1, -0.05) is 34.5 Å². The molecule has 2 aromatic heterocycles. The predicted molar refractivity (Wildman–Crippen MR) is 115 cm³/mol. The van der Waals surface area contributed by atoms with Gasteiger partial charge in [0.05, 0.1) is 28.0 Å². The molecule has 4 rings (SSSR count). The average Bonchev–Trinajstić information content (AvgIpc) is 3.26. The molecule has 0 saturated carbocycles. The minimum Gasteiger partial charge on any atom is -0.455 e. The Morgan fingerprint density at radius 2 is 1.81 bits per heavy atom. The van der Waals surface area contributed by atoms with Gasteiger partial charge in [-0.2, -0.15) is 10.2 Å². The monoisotopic (exact) mass is 515 g/mol. The number of aromatic nitrogens is 4. The second-order valence-electron chi connectivity index (χ2n) is 6.03. The number of hydrogen-bond acceptors (Lipinski definition) is 8. The highest BCUT2D eigenvalue weighted by Crippen LogP contribution is 2.40. The van der Waals surface area contributed by atoms with Crippen LogP contribution >= 0.6 is 34.5 Å². The normalized spacial score (nSPS) is 11.4. The maximum Gasteiger partial charge on any atom is 0.266 e. The molecule has 14 heteroatoms. The first-order valence-corrected chi connectivity index (χ1v) is 11.6. The summed E-state index contributed by atoms with van der Waals surface area (Å²) in [6, 6.07) is 5.73. The molecule has 2 heterocycles. The zero-order valence-electron chi connectivity index (χ0n) is 15.5. The molecule has 0 atom stereocenters. The third-order valence-electron chi connectivity index (χ3n) is 4.01. The molecule has 0 bridgehead atoms. The number of hydrogen-bond donors (Lipinski definition) is 1. The molecule has 0 radical (unpaired) electrons. The van der Waals surface area contributed by atoms with Gasteiger partial charge in [0.2, 0.25) is 5.13 Å². The fourth-order valence-electron chi connectivity index (χ4n) is 2.63. The van der Waals surface area contributed by atoms with E-state index in [0.717, 1.165) is 23.5 Å². The van der Waals surface area contributed by atoms with Crippen LogP contribution in [0.15, 0.2) is 53.1 Å². The molecule has 2 aromatic carbocycles. The van der Waals surface area contributed by atoms with Crippen molar-refractivity contribution in [1.82, 2.24) is 20.4 Å². The maximum atomic E-state index is 14.8. The number of sulfonamides is 1. The number of benzene rings is 2. The van der Waals surface area contributed by atoms with Crippen LogP contribution in [0.5, 0.6) is 11.5 Å². The van der Waals surface area contributed by atoms with E-state index in [2.05, 4.69) is 25.1 Å². The third-order valence-corrected chi connectivity index (χ3v) is 6.68. The van der Waals surface area contributed by atoms with Gasteiger partial charge in [0.1, 0.15) is 27.7 Å². The highest BCUT2D eigenvalue weighted by atomic mass is 35.5. The van der Waals surface area contributed by atoms with Crippen LogP contribution in [0.25, 0.3) is 11.1 Å². The summed E-state index contributed by atoms with van der Waals surface area (Å²) in [5.74, 6) is -2.25. The molecule has 0 spiro atoms. The van der Waals surface area contributed by atoms with E-state index >= 15 is 0 Å². The van der Waals surface area contributed by atoms with Gasteiger partial charge in [0.15, 0.2) is 5.82 Å². The molecule has 164 valence electrons. The summed E-state index contributed by atoms with van der Waals surface area (Å²) in [4.78, 5) is -0.731. The fourth-order valence-corrected chi connectivity index (χ4v) is 4.83.